The average Bonchev–Trinajstić information content (AvgIpc) is 2.35. The van der Waals surface area contributed by atoms with Gasteiger partial charge in [-0.15, -0.1) is 0 Å². The maximum atomic E-state index is 12.1. The van der Waals surface area contributed by atoms with Crippen LogP contribution in [0.3, 0.4) is 0 Å². The van der Waals surface area contributed by atoms with Crippen LogP contribution in [-0.2, 0) is 10.0 Å². The molecule has 1 aromatic rings. The summed E-state index contributed by atoms with van der Waals surface area (Å²) in [7, 11) is -0.791. The lowest BCUT2D eigenvalue weighted by Crippen LogP contribution is -2.35. The topological polar surface area (TPSA) is 90.6 Å². The molecule has 102 valence electrons. The maximum absolute atomic E-state index is 12.1. The third-order valence-corrected chi connectivity index (χ3v) is 3.70. The van der Waals surface area contributed by atoms with Crippen molar-refractivity contribution in [1.82, 2.24) is 4.72 Å². The van der Waals surface area contributed by atoms with Gasteiger partial charge in [0.1, 0.15) is 16.4 Å². The van der Waals surface area contributed by atoms with E-state index in [1.54, 1.807) is 19.1 Å². The Morgan fingerprint density at radius 2 is 2.00 bits per heavy atom. The fraction of sp³-hybridized carbons (Fsp3) is 0.455. The molecule has 0 heterocycles. The van der Waals surface area contributed by atoms with Crippen LogP contribution in [0, 0.1) is 0 Å². The Balaban J connectivity index is 3.12. The van der Waals surface area contributed by atoms with Gasteiger partial charge in [-0.3, -0.25) is 0 Å². The van der Waals surface area contributed by atoms with E-state index in [0.717, 1.165) is 0 Å². The molecule has 0 aliphatic carbocycles. The van der Waals surface area contributed by atoms with E-state index in [0.29, 0.717) is 5.75 Å². The molecule has 1 rings (SSSR count). The monoisotopic (exact) mass is 274 g/mol. The lowest BCUT2D eigenvalue weighted by atomic mass is 10.3. The van der Waals surface area contributed by atoms with E-state index in [1.165, 1.54) is 20.3 Å². The summed E-state index contributed by atoms with van der Waals surface area (Å²) in [5.74, 6) is 0.699. The zero-order chi connectivity index (χ0) is 13.8. The molecule has 3 N–H and O–H groups in total. The number of nitrogens with one attached hydrogen (secondary N) is 1. The second kappa shape index (κ2) is 6.03. The molecule has 0 amide bonds. The van der Waals surface area contributed by atoms with E-state index >= 15 is 0 Å². The Morgan fingerprint density at radius 1 is 1.33 bits per heavy atom. The number of hydrogen-bond donors (Lipinski definition) is 2. The van der Waals surface area contributed by atoms with Crippen LogP contribution in [0.5, 0.6) is 11.5 Å². The zero-order valence-electron chi connectivity index (χ0n) is 10.6. The van der Waals surface area contributed by atoms with Gasteiger partial charge in [0.2, 0.25) is 10.0 Å². The van der Waals surface area contributed by atoms with Crippen molar-refractivity contribution in [3.63, 3.8) is 0 Å². The Kier molecular flexibility index (Phi) is 4.94. The van der Waals surface area contributed by atoms with Crippen molar-refractivity contribution in [2.75, 3.05) is 20.8 Å². The third-order valence-electron chi connectivity index (χ3n) is 2.26. The maximum Gasteiger partial charge on any atom is 0.244 e. The molecule has 1 unspecified atom stereocenters. The molecule has 1 aromatic carbocycles. The Labute approximate surface area is 107 Å². The van der Waals surface area contributed by atoms with E-state index in [4.69, 9.17) is 15.2 Å². The highest BCUT2D eigenvalue weighted by Gasteiger charge is 2.20. The van der Waals surface area contributed by atoms with Gasteiger partial charge in [0, 0.05) is 18.7 Å². The molecule has 0 fully saturated rings. The van der Waals surface area contributed by atoms with E-state index in [-0.39, 0.29) is 23.2 Å². The van der Waals surface area contributed by atoms with Gasteiger partial charge in [0.15, 0.2) is 0 Å². The minimum Gasteiger partial charge on any atom is -0.497 e. The van der Waals surface area contributed by atoms with Gasteiger partial charge in [-0.2, -0.15) is 0 Å². The van der Waals surface area contributed by atoms with Crippen molar-refractivity contribution in [2.24, 2.45) is 5.73 Å². The van der Waals surface area contributed by atoms with Crippen LogP contribution in [0.15, 0.2) is 23.1 Å². The van der Waals surface area contributed by atoms with Crippen molar-refractivity contribution in [1.29, 1.82) is 0 Å². The molecular weight excluding hydrogens is 256 g/mol. The van der Waals surface area contributed by atoms with Crippen LogP contribution in [0.4, 0.5) is 0 Å². The van der Waals surface area contributed by atoms with Gasteiger partial charge in [-0.25, -0.2) is 13.1 Å². The lowest BCUT2D eigenvalue weighted by molar-refractivity contribution is 0.392. The summed E-state index contributed by atoms with van der Waals surface area (Å²) in [6, 6.07) is 4.31. The Morgan fingerprint density at radius 3 is 2.50 bits per heavy atom. The highest BCUT2D eigenvalue weighted by molar-refractivity contribution is 7.89. The molecule has 0 aliphatic rings. The number of hydrogen-bond acceptors (Lipinski definition) is 5. The number of rotatable bonds is 6. The molecule has 1 atom stereocenters. The van der Waals surface area contributed by atoms with Crippen LogP contribution in [0.25, 0.3) is 0 Å². The number of ether oxygens (including phenoxy) is 2. The molecule has 0 radical (unpaired) electrons. The van der Waals surface area contributed by atoms with Gasteiger partial charge in [-0.1, -0.05) is 0 Å². The summed E-state index contributed by atoms with van der Waals surface area (Å²) >= 11 is 0. The molecule has 18 heavy (non-hydrogen) atoms. The Bertz CT molecular complexity index is 500. The first-order valence-electron chi connectivity index (χ1n) is 5.38. The molecular formula is C11H18N2O4S. The van der Waals surface area contributed by atoms with Crippen molar-refractivity contribution < 1.29 is 17.9 Å². The molecule has 6 nitrogen and oxygen atoms in total. The minimum atomic E-state index is -3.67. The first-order valence-corrected chi connectivity index (χ1v) is 6.86. The molecule has 0 saturated heterocycles. The minimum absolute atomic E-state index is 0.0324. The average molecular weight is 274 g/mol. The predicted octanol–water partition coefficient (Wildman–Crippen LogP) is 0.329. The van der Waals surface area contributed by atoms with Gasteiger partial charge in [0.05, 0.1) is 14.2 Å². The number of sulfonamides is 1. The molecule has 0 saturated carbocycles. The van der Waals surface area contributed by atoms with E-state index in [1.807, 2.05) is 0 Å². The van der Waals surface area contributed by atoms with Crippen molar-refractivity contribution in [3.8, 4) is 11.5 Å². The van der Waals surface area contributed by atoms with E-state index in [2.05, 4.69) is 4.72 Å². The predicted molar refractivity (Wildman–Crippen MR) is 68.4 cm³/mol. The van der Waals surface area contributed by atoms with Crippen molar-refractivity contribution in [3.05, 3.63) is 18.2 Å². The van der Waals surface area contributed by atoms with Gasteiger partial charge < -0.3 is 15.2 Å². The molecule has 0 aliphatic heterocycles. The van der Waals surface area contributed by atoms with Crippen molar-refractivity contribution in [2.45, 2.75) is 17.9 Å². The summed E-state index contributed by atoms with van der Waals surface area (Å²) in [4.78, 5) is 0.0324. The van der Waals surface area contributed by atoms with Crippen LogP contribution in [0.2, 0.25) is 0 Å². The fourth-order valence-corrected chi connectivity index (χ4v) is 2.64. The fourth-order valence-electron chi connectivity index (χ4n) is 1.31. The number of methoxy groups -OCH3 is 2. The van der Waals surface area contributed by atoms with Crippen LogP contribution in [0.1, 0.15) is 6.92 Å². The smallest absolute Gasteiger partial charge is 0.244 e. The Hall–Kier alpha value is -1.31. The van der Waals surface area contributed by atoms with Gasteiger partial charge >= 0.3 is 0 Å². The standard InChI is InChI=1S/C11H18N2O4S/c1-8(12)7-13-18(14,15)11-6-9(16-2)4-5-10(11)17-3/h4-6,8,13H,7,12H2,1-3H3. The summed E-state index contributed by atoms with van der Waals surface area (Å²) in [5.41, 5.74) is 5.52. The summed E-state index contributed by atoms with van der Waals surface area (Å²) in [6.07, 6.45) is 0. The second-order valence-electron chi connectivity index (χ2n) is 3.85. The molecule has 0 bridgehead atoms. The first kappa shape index (κ1) is 14.7. The summed E-state index contributed by atoms with van der Waals surface area (Å²) in [6.45, 7) is 1.87. The quantitative estimate of drug-likeness (QED) is 0.780. The van der Waals surface area contributed by atoms with Crippen LogP contribution >= 0.6 is 0 Å². The molecule has 0 spiro atoms. The normalized spacial score (nSPS) is 13.1. The second-order valence-corrected chi connectivity index (χ2v) is 5.58. The highest BCUT2D eigenvalue weighted by Crippen LogP contribution is 2.27. The summed E-state index contributed by atoms with van der Waals surface area (Å²) in [5, 5.41) is 0. The van der Waals surface area contributed by atoms with E-state index in [9.17, 15) is 8.42 Å². The van der Waals surface area contributed by atoms with Gasteiger partial charge in [0.25, 0.3) is 0 Å². The first-order chi connectivity index (χ1) is 8.40. The van der Waals surface area contributed by atoms with Crippen LogP contribution < -0.4 is 19.9 Å². The van der Waals surface area contributed by atoms with Crippen LogP contribution in [-0.4, -0.2) is 35.2 Å². The summed E-state index contributed by atoms with van der Waals surface area (Å²) < 4.78 is 36.6. The SMILES string of the molecule is COc1ccc(OC)c(S(=O)(=O)NCC(C)N)c1. The van der Waals surface area contributed by atoms with Crippen molar-refractivity contribution >= 4 is 10.0 Å². The van der Waals surface area contributed by atoms with Gasteiger partial charge in [-0.05, 0) is 19.1 Å². The number of benzene rings is 1. The van der Waals surface area contributed by atoms with E-state index < -0.39 is 10.0 Å². The molecule has 0 aromatic heterocycles. The largest absolute Gasteiger partial charge is 0.497 e. The number of nitrogens with two attached hydrogens (primary N) is 1. The zero-order valence-corrected chi connectivity index (χ0v) is 11.5. The lowest BCUT2D eigenvalue weighted by Gasteiger charge is -2.13. The third kappa shape index (κ3) is 3.59. The highest BCUT2D eigenvalue weighted by atomic mass is 32.2. The molecule has 7 heteroatoms.